The Morgan fingerprint density at radius 1 is 0.759 bits per heavy atom. The van der Waals surface area contributed by atoms with Crippen molar-refractivity contribution >= 4 is 11.9 Å². The van der Waals surface area contributed by atoms with Gasteiger partial charge in [-0.2, -0.15) is 0 Å². The molecular weight excluding hydrogens is 368 g/mol. The molecule has 1 fully saturated rings. The summed E-state index contributed by atoms with van der Waals surface area (Å²) in [4.78, 5) is 28.4. The van der Waals surface area contributed by atoms with Gasteiger partial charge in [0, 0.05) is 26.2 Å². The lowest BCUT2D eigenvalue weighted by molar-refractivity contribution is -0.145. The third-order valence-electron chi connectivity index (χ3n) is 6.39. The van der Waals surface area contributed by atoms with Crippen molar-refractivity contribution in [1.82, 2.24) is 9.80 Å². The van der Waals surface area contributed by atoms with Crippen molar-refractivity contribution in [2.75, 3.05) is 46.1 Å². The predicted octanol–water partition coefficient (Wildman–Crippen LogP) is 4.08. The average Bonchev–Trinajstić information content (AvgIpc) is 3.12. The molecule has 29 heavy (non-hydrogen) atoms. The Bertz CT molecular complexity index is 461. The highest BCUT2D eigenvalue weighted by molar-refractivity contribution is 5.69. The van der Waals surface area contributed by atoms with Crippen LogP contribution in [0.15, 0.2) is 0 Å². The number of carbonyl (C=O) groups is 2. The second-order valence-electron chi connectivity index (χ2n) is 9.85. The molecule has 0 aliphatic carbocycles. The molecular formula is C23H44N2O4. The molecule has 170 valence electrons. The molecule has 6 heteroatoms. The zero-order valence-corrected chi connectivity index (χ0v) is 19.7. The SMILES string of the molecule is CCC(C)(C)CCOC(=O)CCN1CCN(CCC(=O)OCCC(C)(C)CC)C1. The molecule has 0 amide bonds. The fourth-order valence-electron chi connectivity index (χ4n) is 2.95. The Labute approximate surface area is 178 Å². The van der Waals surface area contributed by atoms with Crippen LogP contribution in [0.4, 0.5) is 0 Å². The second-order valence-corrected chi connectivity index (χ2v) is 9.85. The number of nitrogens with zero attached hydrogens (tertiary/aromatic N) is 2. The monoisotopic (exact) mass is 412 g/mol. The van der Waals surface area contributed by atoms with E-state index in [0.717, 1.165) is 45.4 Å². The number of carbonyl (C=O) groups excluding carboxylic acids is 2. The Kier molecular flexibility index (Phi) is 11.2. The molecule has 1 heterocycles. The van der Waals surface area contributed by atoms with Crippen LogP contribution in [0.5, 0.6) is 0 Å². The maximum absolute atomic E-state index is 11.9. The van der Waals surface area contributed by atoms with E-state index in [2.05, 4.69) is 51.3 Å². The van der Waals surface area contributed by atoms with Crippen LogP contribution in [0.1, 0.15) is 80.1 Å². The minimum absolute atomic E-state index is 0.117. The quantitative estimate of drug-likeness (QED) is 0.401. The largest absolute Gasteiger partial charge is 0.466 e. The summed E-state index contributed by atoms with van der Waals surface area (Å²) in [6.07, 6.45) is 4.82. The van der Waals surface area contributed by atoms with Crippen LogP contribution in [0.2, 0.25) is 0 Å². The van der Waals surface area contributed by atoms with Crippen LogP contribution in [0.3, 0.4) is 0 Å². The first-order valence-corrected chi connectivity index (χ1v) is 11.3. The van der Waals surface area contributed by atoms with Gasteiger partial charge in [0.05, 0.1) is 32.7 Å². The number of ether oxygens (including phenoxy) is 2. The van der Waals surface area contributed by atoms with E-state index in [0.29, 0.717) is 39.1 Å². The van der Waals surface area contributed by atoms with Gasteiger partial charge >= 0.3 is 11.9 Å². The maximum atomic E-state index is 11.9. The summed E-state index contributed by atoms with van der Waals surface area (Å²) in [5, 5.41) is 0. The molecule has 0 N–H and O–H groups in total. The fraction of sp³-hybridized carbons (Fsp3) is 0.913. The summed E-state index contributed by atoms with van der Waals surface area (Å²) in [6, 6.07) is 0. The van der Waals surface area contributed by atoms with Crippen LogP contribution in [0.25, 0.3) is 0 Å². The van der Waals surface area contributed by atoms with Gasteiger partial charge in [-0.3, -0.25) is 19.4 Å². The van der Waals surface area contributed by atoms with Crippen molar-refractivity contribution in [3.8, 4) is 0 Å². The van der Waals surface area contributed by atoms with Crippen molar-refractivity contribution < 1.29 is 19.1 Å². The van der Waals surface area contributed by atoms with Gasteiger partial charge in [-0.25, -0.2) is 0 Å². The predicted molar refractivity (Wildman–Crippen MR) is 117 cm³/mol. The molecule has 0 aromatic carbocycles. The topological polar surface area (TPSA) is 59.1 Å². The number of rotatable bonds is 14. The van der Waals surface area contributed by atoms with E-state index in [1.807, 2.05) is 0 Å². The van der Waals surface area contributed by atoms with E-state index in [4.69, 9.17) is 9.47 Å². The van der Waals surface area contributed by atoms with Crippen LogP contribution >= 0.6 is 0 Å². The van der Waals surface area contributed by atoms with Crippen molar-refractivity contribution in [1.29, 1.82) is 0 Å². The van der Waals surface area contributed by atoms with E-state index >= 15 is 0 Å². The van der Waals surface area contributed by atoms with E-state index in [9.17, 15) is 9.59 Å². The minimum Gasteiger partial charge on any atom is -0.466 e. The van der Waals surface area contributed by atoms with Crippen molar-refractivity contribution in [2.45, 2.75) is 80.1 Å². The molecule has 0 aromatic heterocycles. The van der Waals surface area contributed by atoms with Crippen molar-refractivity contribution in [3.05, 3.63) is 0 Å². The van der Waals surface area contributed by atoms with E-state index in [1.54, 1.807) is 0 Å². The molecule has 0 aromatic rings. The highest BCUT2D eigenvalue weighted by Gasteiger charge is 2.22. The van der Waals surface area contributed by atoms with Gasteiger partial charge in [0.25, 0.3) is 0 Å². The molecule has 1 aliphatic rings. The molecule has 0 bridgehead atoms. The molecule has 0 radical (unpaired) electrons. The number of esters is 2. The Balaban J connectivity index is 2.12. The fourth-order valence-corrected chi connectivity index (χ4v) is 2.95. The molecule has 6 nitrogen and oxygen atoms in total. The zero-order valence-electron chi connectivity index (χ0n) is 19.7. The van der Waals surface area contributed by atoms with E-state index in [-0.39, 0.29) is 22.8 Å². The van der Waals surface area contributed by atoms with Crippen molar-refractivity contribution in [3.63, 3.8) is 0 Å². The van der Waals surface area contributed by atoms with Crippen LogP contribution in [-0.2, 0) is 19.1 Å². The lowest BCUT2D eigenvalue weighted by Crippen LogP contribution is -2.29. The molecule has 1 saturated heterocycles. The standard InChI is InChI=1S/C23H44N2O4/c1-7-22(3,4)11-17-28-20(26)9-13-24-15-16-25(19-24)14-10-21(27)29-18-12-23(5,6)8-2/h7-19H2,1-6H3. The van der Waals surface area contributed by atoms with Crippen LogP contribution in [-0.4, -0.2) is 67.8 Å². The molecule has 0 spiro atoms. The summed E-state index contributed by atoms with van der Waals surface area (Å²) in [5.41, 5.74) is 0.451. The minimum atomic E-state index is -0.117. The summed E-state index contributed by atoms with van der Waals surface area (Å²) in [5.74, 6) is -0.233. The number of hydrogen-bond acceptors (Lipinski definition) is 6. The van der Waals surface area contributed by atoms with E-state index in [1.165, 1.54) is 0 Å². The molecule has 1 rings (SSSR count). The zero-order chi connectivity index (χ0) is 21.9. The lowest BCUT2D eigenvalue weighted by Gasteiger charge is -2.22. The van der Waals surface area contributed by atoms with Crippen molar-refractivity contribution in [2.24, 2.45) is 10.8 Å². The molecule has 0 saturated carbocycles. The van der Waals surface area contributed by atoms with Gasteiger partial charge in [-0.05, 0) is 23.7 Å². The summed E-state index contributed by atoms with van der Waals surface area (Å²) >= 11 is 0. The van der Waals surface area contributed by atoms with Gasteiger partial charge in [-0.1, -0.05) is 54.4 Å². The Hall–Kier alpha value is -1.14. The van der Waals surface area contributed by atoms with Gasteiger partial charge in [0.1, 0.15) is 0 Å². The summed E-state index contributed by atoms with van der Waals surface area (Å²) < 4.78 is 10.7. The Morgan fingerprint density at radius 3 is 1.48 bits per heavy atom. The maximum Gasteiger partial charge on any atom is 0.307 e. The van der Waals surface area contributed by atoms with Crippen LogP contribution in [0, 0.1) is 10.8 Å². The average molecular weight is 413 g/mol. The summed E-state index contributed by atoms with van der Waals surface area (Å²) in [7, 11) is 0. The third kappa shape index (κ3) is 11.6. The first kappa shape index (κ1) is 25.9. The summed E-state index contributed by atoms with van der Waals surface area (Å²) in [6.45, 7) is 18.2. The first-order chi connectivity index (χ1) is 13.6. The molecule has 1 aliphatic heterocycles. The van der Waals surface area contributed by atoms with Gasteiger partial charge in [-0.15, -0.1) is 0 Å². The Morgan fingerprint density at radius 2 is 1.14 bits per heavy atom. The third-order valence-corrected chi connectivity index (χ3v) is 6.39. The van der Waals surface area contributed by atoms with E-state index < -0.39 is 0 Å². The first-order valence-electron chi connectivity index (χ1n) is 11.3. The smallest absolute Gasteiger partial charge is 0.307 e. The van der Waals surface area contributed by atoms with Gasteiger partial charge < -0.3 is 9.47 Å². The van der Waals surface area contributed by atoms with Gasteiger partial charge in [0.2, 0.25) is 0 Å². The molecule has 0 atom stereocenters. The second kappa shape index (κ2) is 12.5. The lowest BCUT2D eigenvalue weighted by atomic mass is 9.87. The highest BCUT2D eigenvalue weighted by Crippen LogP contribution is 2.24. The molecule has 0 unspecified atom stereocenters. The highest BCUT2D eigenvalue weighted by atomic mass is 16.5. The van der Waals surface area contributed by atoms with Gasteiger partial charge in [0.15, 0.2) is 0 Å². The normalized spacial score (nSPS) is 16.2. The number of hydrogen-bond donors (Lipinski definition) is 0. The van der Waals surface area contributed by atoms with Crippen LogP contribution < -0.4 is 0 Å².